The summed E-state index contributed by atoms with van der Waals surface area (Å²) in [5, 5.41) is 2.83. The molecule has 4 nitrogen and oxygen atoms in total. The van der Waals surface area contributed by atoms with Crippen LogP contribution in [-0.4, -0.2) is 17.6 Å². The first-order valence-corrected chi connectivity index (χ1v) is 6.47. The molecule has 2 aromatic rings. The lowest BCUT2D eigenvalue weighted by Gasteiger charge is -2.18. The average molecular weight is 271 g/mol. The van der Waals surface area contributed by atoms with Crippen LogP contribution in [0.15, 0.2) is 42.7 Å². The van der Waals surface area contributed by atoms with E-state index >= 15 is 0 Å². The molecule has 1 aromatic heterocycles. The van der Waals surface area contributed by atoms with Crippen molar-refractivity contribution in [3.63, 3.8) is 0 Å². The number of rotatable bonds is 2. The molecule has 1 aliphatic rings. The van der Waals surface area contributed by atoms with Gasteiger partial charge in [0.15, 0.2) is 0 Å². The second-order valence-corrected chi connectivity index (χ2v) is 4.66. The standard InChI is InChI=1S/C15H14FN3O/c16-13-4-1-5-14-12(13)6-8-19(14)15(20)18-10-11-3-2-7-17-9-11/h1-5,7,9H,6,8,10H2,(H,18,20). The van der Waals surface area contributed by atoms with Gasteiger partial charge in [-0.15, -0.1) is 0 Å². The zero-order valence-corrected chi connectivity index (χ0v) is 10.8. The smallest absolute Gasteiger partial charge is 0.322 e. The molecule has 2 heterocycles. The third kappa shape index (κ3) is 2.34. The third-order valence-electron chi connectivity index (χ3n) is 3.38. The summed E-state index contributed by atoms with van der Waals surface area (Å²) >= 11 is 0. The van der Waals surface area contributed by atoms with Crippen LogP contribution < -0.4 is 10.2 Å². The molecule has 3 rings (SSSR count). The molecule has 0 unspecified atom stereocenters. The molecule has 5 heteroatoms. The highest BCUT2D eigenvalue weighted by molar-refractivity contribution is 5.94. The maximum Gasteiger partial charge on any atom is 0.322 e. The number of aromatic nitrogens is 1. The van der Waals surface area contributed by atoms with Crippen LogP contribution in [0.3, 0.4) is 0 Å². The van der Waals surface area contributed by atoms with E-state index in [1.54, 1.807) is 29.4 Å². The van der Waals surface area contributed by atoms with Gasteiger partial charge in [-0.1, -0.05) is 12.1 Å². The van der Waals surface area contributed by atoms with E-state index in [0.29, 0.717) is 30.8 Å². The molecule has 0 atom stereocenters. The highest BCUT2D eigenvalue weighted by Gasteiger charge is 2.26. The summed E-state index contributed by atoms with van der Waals surface area (Å²) in [6, 6.07) is 8.33. The number of urea groups is 1. The van der Waals surface area contributed by atoms with Crippen molar-refractivity contribution in [1.29, 1.82) is 0 Å². The number of carbonyl (C=O) groups excluding carboxylic acids is 1. The number of hydrogen-bond donors (Lipinski definition) is 1. The van der Waals surface area contributed by atoms with Gasteiger partial charge in [0.1, 0.15) is 5.82 Å². The maximum atomic E-state index is 13.6. The lowest BCUT2D eigenvalue weighted by atomic mass is 10.1. The number of nitrogens with zero attached hydrogens (tertiary/aromatic N) is 2. The highest BCUT2D eigenvalue weighted by atomic mass is 19.1. The first kappa shape index (κ1) is 12.6. The average Bonchev–Trinajstić information content (AvgIpc) is 2.91. The molecule has 20 heavy (non-hydrogen) atoms. The SMILES string of the molecule is O=C(NCc1cccnc1)N1CCc2c(F)cccc21. The van der Waals surface area contributed by atoms with Gasteiger partial charge in [0.2, 0.25) is 0 Å². The van der Waals surface area contributed by atoms with Crippen molar-refractivity contribution in [2.45, 2.75) is 13.0 Å². The molecular formula is C15H14FN3O. The second-order valence-electron chi connectivity index (χ2n) is 4.66. The van der Waals surface area contributed by atoms with Gasteiger partial charge < -0.3 is 5.32 Å². The maximum absolute atomic E-state index is 13.6. The number of anilines is 1. The van der Waals surface area contributed by atoms with Crippen molar-refractivity contribution < 1.29 is 9.18 Å². The minimum Gasteiger partial charge on any atom is -0.334 e. The first-order chi connectivity index (χ1) is 9.75. The van der Waals surface area contributed by atoms with Crippen LogP contribution in [0, 0.1) is 5.82 Å². The van der Waals surface area contributed by atoms with Crippen LogP contribution in [0.25, 0.3) is 0 Å². The van der Waals surface area contributed by atoms with E-state index in [9.17, 15) is 9.18 Å². The molecule has 0 spiro atoms. The van der Waals surface area contributed by atoms with Crippen LogP contribution in [0.2, 0.25) is 0 Å². The Morgan fingerprint density at radius 2 is 2.25 bits per heavy atom. The quantitative estimate of drug-likeness (QED) is 0.912. The zero-order valence-electron chi connectivity index (χ0n) is 10.8. The molecular weight excluding hydrogens is 257 g/mol. The van der Waals surface area contributed by atoms with E-state index in [-0.39, 0.29) is 11.8 Å². The van der Waals surface area contributed by atoms with Gasteiger partial charge >= 0.3 is 6.03 Å². The Hall–Kier alpha value is -2.43. The minimum atomic E-state index is -0.245. The Morgan fingerprint density at radius 3 is 3.05 bits per heavy atom. The summed E-state index contributed by atoms with van der Waals surface area (Å²) in [7, 11) is 0. The number of nitrogens with one attached hydrogen (secondary N) is 1. The Bertz CT molecular complexity index is 630. The van der Waals surface area contributed by atoms with Gasteiger partial charge in [0.05, 0.1) is 5.69 Å². The van der Waals surface area contributed by atoms with Gasteiger partial charge in [0.25, 0.3) is 0 Å². The Labute approximate surface area is 116 Å². The molecule has 0 aliphatic carbocycles. The molecule has 1 aromatic carbocycles. The molecule has 0 radical (unpaired) electrons. The van der Waals surface area contributed by atoms with E-state index in [1.165, 1.54) is 6.07 Å². The molecule has 102 valence electrons. The van der Waals surface area contributed by atoms with E-state index in [0.717, 1.165) is 5.56 Å². The summed E-state index contributed by atoms with van der Waals surface area (Å²) in [6.45, 7) is 0.920. The van der Waals surface area contributed by atoms with Gasteiger partial charge in [-0.2, -0.15) is 0 Å². The zero-order chi connectivity index (χ0) is 13.9. The monoisotopic (exact) mass is 271 g/mol. The molecule has 0 bridgehead atoms. The van der Waals surface area contributed by atoms with Crippen LogP contribution in [-0.2, 0) is 13.0 Å². The summed E-state index contributed by atoms with van der Waals surface area (Å²) in [4.78, 5) is 17.7. The number of pyridine rings is 1. The van der Waals surface area contributed by atoms with E-state index in [1.807, 2.05) is 12.1 Å². The van der Waals surface area contributed by atoms with Crippen LogP contribution in [0.4, 0.5) is 14.9 Å². The second kappa shape index (κ2) is 5.28. The lowest BCUT2D eigenvalue weighted by Crippen LogP contribution is -2.38. The van der Waals surface area contributed by atoms with Crippen LogP contribution >= 0.6 is 0 Å². The summed E-state index contributed by atoms with van der Waals surface area (Å²) in [5.74, 6) is -0.245. The van der Waals surface area contributed by atoms with Crippen LogP contribution in [0.1, 0.15) is 11.1 Å². The van der Waals surface area contributed by atoms with Crippen molar-refractivity contribution in [3.05, 3.63) is 59.7 Å². The van der Waals surface area contributed by atoms with Crippen molar-refractivity contribution in [3.8, 4) is 0 Å². The number of carbonyl (C=O) groups is 1. The number of fused-ring (bicyclic) bond motifs is 1. The Balaban J connectivity index is 1.70. The largest absolute Gasteiger partial charge is 0.334 e. The Kier molecular flexibility index (Phi) is 3.33. The molecule has 0 saturated heterocycles. The van der Waals surface area contributed by atoms with E-state index < -0.39 is 0 Å². The van der Waals surface area contributed by atoms with Crippen LogP contribution in [0.5, 0.6) is 0 Å². The predicted molar refractivity (Wildman–Crippen MR) is 73.9 cm³/mol. The normalized spacial score (nSPS) is 13.2. The first-order valence-electron chi connectivity index (χ1n) is 6.47. The highest BCUT2D eigenvalue weighted by Crippen LogP contribution is 2.29. The van der Waals surface area contributed by atoms with Gasteiger partial charge in [-0.25, -0.2) is 9.18 Å². The molecule has 1 aliphatic heterocycles. The van der Waals surface area contributed by atoms with E-state index in [4.69, 9.17) is 0 Å². The topological polar surface area (TPSA) is 45.2 Å². The van der Waals surface area contributed by atoms with Crippen molar-refractivity contribution in [2.24, 2.45) is 0 Å². The molecule has 1 N–H and O–H groups in total. The molecule has 0 saturated carbocycles. The fourth-order valence-electron chi connectivity index (χ4n) is 2.38. The number of amides is 2. The number of benzene rings is 1. The van der Waals surface area contributed by atoms with Crippen molar-refractivity contribution in [2.75, 3.05) is 11.4 Å². The van der Waals surface area contributed by atoms with Gasteiger partial charge in [-0.3, -0.25) is 9.88 Å². The predicted octanol–water partition coefficient (Wildman–Crippen LogP) is 2.49. The third-order valence-corrected chi connectivity index (χ3v) is 3.38. The molecule has 0 fully saturated rings. The van der Waals surface area contributed by atoms with Gasteiger partial charge in [-0.05, 0) is 30.2 Å². The number of halogens is 1. The minimum absolute atomic E-state index is 0.210. The summed E-state index contributed by atoms with van der Waals surface area (Å²) < 4.78 is 13.6. The van der Waals surface area contributed by atoms with E-state index in [2.05, 4.69) is 10.3 Å². The lowest BCUT2D eigenvalue weighted by molar-refractivity contribution is 0.246. The Morgan fingerprint density at radius 1 is 1.35 bits per heavy atom. The van der Waals surface area contributed by atoms with Gasteiger partial charge in [0, 0.05) is 31.0 Å². The summed E-state index contributed by atoms with van der Waals surface area (Å²) in [6.07, 6.45) is 3.95. The summed E-state index contributed by atoms with van der Waals surface area (Å²) in [5.41, 5.74) is 2.21. The fourth-order valence-corrected chi connectivity index (χ4v) is 2.38. The number of hydrogen-bond acceptors (Lipinski definition) is 2. The molecule has 2 amide bonds. The van der Waals surface area contributed by atoms with Crippen molar-refractivity contribution in [1.82, 2.24) is 10.3 Å². The van der Waals surface area contributed by atoms with Crippen molar-refractivity contribution >= 4 is 11.7 Å². The fraction of sp³-hybridized carbons (Fsp3) is 0.200.